The largest absolute Gasteiger partial charge is 0.492 e. The molecule has 0 amide bonds. The minimum Gasteiger partial charge on any atom is -0.492 e. The summed E-state index contributed by atoms with van der Waals surface area (Å²) in [5.41, 5.74) is -0.0936. The Bertz CT molecular complexity index is 1350. The number of fused-ring (bicyclic) bond motifs is 5. The maximum absolute atomic E-state index is 13.6. The van der Waals surface area contributed by atoms with Crippen molar-refractivity contribution in [3.63, 3.8) is 0 Å². The molecule has 2 aromatic heterocycles. The highest BCUT2D eigenvalue weighted by molar-refractivity contribution is 5.88. The fourth-order valence-corrected chi connectivity index (χ4v) is 5.83. The van der Waals surface area contributed by atoms with E-state index in [1.54, 1.807) is 19.1 Å². The van der Waals surface area contributed by atoms with Crippen molar-refractivity contribution in [3.8, 4) is 5.75 Å². The highest BCUT2D eigenvalue weighted by atomic mass is 19.4. The van der Waals surface area contributed by atoms with Crippen molar-refractivity contribution in [1.29, 1.82) is 0 Å². The van der Waals surface area contributed by atoms with Crippen LogP contribution in [0.3, 0.4) is 0 Å². The third-order valence-corrected chi connectivity index (χ3v) is 7.72. The van der Waals surface area contributed by atoms with Crippen LogP contribution in [-0.4, -0.2) is 45.7 Å². The van der Waals surface area contributed by atoms with Gasteiger partial charge in [0.1, 0.15) is 17.4 Å². The second-order valence-electron chi connectivity index (χ2n) is 9.77. The first-order chi connectivity index (χ1) is 16.7. The van der Waals surface area contributed by atoms with Crippen LogP contribution in [0, 0.1) is 6.92 Å². The Labute approximate surface area is 199 Å². The molecule has 4 aliphatic rings. The van der Waals surface area contributed by atoms with Gasteiger partial charge in [-0.15, -0.1) is 0 Å². The van der Waals surface area contributed by atoms with Crippen molar-refractivity contribution in [2.75, 3.05) is 31.6 Å². The summed E-state index contributed by atoms with van der Waals surface area (Å²) in [6.07, 6.45) is 0.589. The monoisotopic (exact) mass is 485 g/mol. The number of pyridine rings is 1. The lowest BCUT2D eigenvalue weighted by atomic mass is 9.79. The van der Waals surface area contributed by atoms with Crippen molar-refractivity contribution < 1.29 is 17.9 Å². The highest BCUT2D eigenvalue weighted by Crippen LogP contribution is 2.44. The quantitative estimate of drug-likeness (QED) is 0.598. The van der Waals surface area contributed by atoms with Crippen molar-refractivity contribution in [2.45, 2.75) is 50.4 Å². The predicted octanol–water partition coefficient (Wildman–Crippen LogP) is 4.25. The summed E-state index contributed by atoms with van der Waals surface area (Å²) in [5.74, 6) is 0.863. The maximum Gasteiger partial charge on any atom is 0.419 e. The van der Waals surface area contributed by atoms with Gasteiger partial charge in [0.05, 0.1) is 34.7 Å². The van der Waals surface area contributed by atoms with E-state index >= 15 is 0 Å². The molecular formula is C25H26F3N5O2. The van der Waals surface area contributed by atoms with Crippen LogP contribution in [0.4, 0.5) is 19.0 Å². The number of anilines is 1. The molecule has 7 rings (SSSR count). The number of para-hydroxylation sites is 1. The summed E-state index contributed by atoms with van der Waals surface area (Å²) in [6.45, 7) is 4.82. The number of rotatable bonds is 3. The maximum atomic E-state index is 13.6. The van der Waals surface area contributed by atoms with Crippen LogP contribution in [0.5, 0.6) is 5.75 Å². The average Bonchev–Trinajstić information content (AvgIpc) is 2.84. The summed E-state index contributed by atoms with van der Waals surface area (Å²) < 4.78 is 48.0. The molecule has 0 unspecified atom stereocenters. The van der Waals surface area contributed by atoms with Crippen LogP contribution in [0.25, 0.3) is 10.9 Å². The molecule has 6 heterocycles. The molecule has 0 saturated carbocycles. The molecule has 0 radical (unpaired) electrons. The van der Waals surface area contributed by atoms with Crippen LogP contribution in [0.15, 0.2) is 35.3 Å². The van der Waals surface area contributed by atoms with Gasteiger partial charge in [-0.1, -0.05) is 12.1 Å². The second kappa shape index (κ2) is 7.94. The van der Waals surface area contributed by atoms with E-state index in [-0.39, 0.29) is 23.5 Å². The summed E-state index contributed by atoms with van der Waals surface area (Å²) in [4.78, 5) is 24.7. The Morgan fingerprint density at radius 1 is 1.14 bits per heavy atom. The zero-order valence-corrected chi connectivity index (χ0v) is 19.4. The number of nitrogens with one attached hydrogen (secondary N) is 1. The van der Waals surface area contributed by atoms with Gasteiger partial charge in [0, 0.05) is 43.9 Å². The second-order valence-corrected chi connectivity index (χ2v) is 9.77. The minimum atomic E-state index is -4.50. The van der Waals surface area contributed by atoms with E-state index in [2.05, 4.69) is 20.2 Å². The number of alkyl halides is 3. The van der Waals surface area contributed by atoms with E-state index in [4.69, 9.17) is 4.74 Å². The highest BCUT2D eigenvalue weighted by Gasteiger charge is 2.42. The number of nitrogens with zero attached hydrogens (tertiary/aromatic N) is 4. The molecule has 7 nitrogen and oxygen atoms in total. The van der Waals surface area contributed by atoms with Gasteiger partial charge in [-0.2, -0.15) is 13.2 Å². The first kappa shape index (κ1) is 22.3. The SMILES string of the molecule is Cc1nc(N[C@@H]2CCOc3c2cccc3C(F)(F)F)c2cn(C34CCN(CC3)CC4)c(=O)cc2n1. The van der Waals surface area contributed by atoms with E-state index in [0.29, 0.717) is 34.5 Å². The van der Waals surface area contributed by atoms with Gasteiger partial charge in [-0.05, 0) is 32.3 Å². The Kier molecular flexibility index (Phi) is 5.07. The standard InChI is InChI=1S/C25H26F3N5O2/c1-15-29-20-13-21(34)33(24-6-9-32(10-7-24)11-8-24)14-17(20)23(30-15)31-19-5-12-35-22-16(19)3-2-4-18(22)25(26,27)28/h2-4,13-14,19H,5-12H2,1H3,(H,29,30,31)/t19-/m1/s1. The fraction of sp³-hybridized carbons (Fsp3) is 0.480. The number of benzene rings is 1. The molecule has 10 heteroatoms. The van der Waals surface area contributed by atoms with Crippen LogP contribution in [-0.2, 0) is 11.7 Å². The Morgan fingerprint density at radius 3 is 2.60 bits per heavy atom. The smallest absolute Gasteiger partial charge is 0.419 e. The van der Waals surface area contributed by atoms with Crippen LogP contribution in [0.2, 0.25) is 0 Å². The van der Waals surface area contributed by atoms with Crippen LogP contribution >= 0.6 is 0 Å². The molecule has 4 aliphatic heterocycles. The molecule has 1 aromatic carbocycles. The zero-order chi connectivity index (χ0) is 24.4. The van der Waals surface area contributed by atoms with E-state index in [0.717, 1.165) is 45.0 Å². The first-order valence-electron chi connectivity index (χ1n) is 12.0. The van der Waals surface area contributed by atoms with Crippen molar-refractivity contribution >= 4 is 16.7 Å². The average molecular weight is 486 g/mol. The molecular weight excluding hydrogens is 459 g/mol. The molecule has 0 aliphatic carbocycles. The molecule has 184 valence electrons. The van der Waals surface area contributed by atoms with Crippen molar-refractivity contribution in [1.82, 2.24) is 19.4 Å². The Morgan fingerprint density at radius 2 is 1.89 bits per heavy atom. The van der Waals surface area contributed by atoms with Gasteiger partial charge >= 0.3 is 6.18 Å². The van der Waals surface area contributed by atoms with Crippen molar-refractivity contribution in [2.24, 2.45) is 0 Å². The number of aromatic nitrogens is 3. The molecule has 1 N–H and O–H groups in total. The number of hydrogen-bond acceptors (Lipinski definition) is 6. The van der Waals surface area contributed by atoms with Gasteiger partial charge in [0.2, 0.25) is 0 Å². The third kappa shape index (κ3) is 3.74. The molecule has 3 fully saturated rings. The van der Waals surface area contributed by atoms with Gasteiger partial charge < -0.3 is 19.5 Å². The lowest BCUT2D eigenvalue weighted by Crippen LogP contribution is -2.55. The fourth-order valence-electron chi connectivity index (χ4n) is 5.83. The molecule has 1 atom stereocenters. The van der Waals surface area contributed by atoms with Gasteiger partial charge in [0.15, 0.2) is 0 Å². The van der Waals surface area contributed by atoms with Gasteiger partial charge in [-0.25, -0.2) is 9.97 Å². The van der Waals surface area contributed by atoms with E-state index in [9.17, 15) is 18.0 Å². The minimum absolute atomic E-state index is 0.0804. The first-order valence-corrected chi connectivity index (χ1v) is 12.0. The van der Waals surface area contributed by atoms with Gasteiger partial charge in [-0.3, -0.25) is 4.79 Å². The molecule has 35 heavy (non-hydrogen) atoms. The molecule has 0 spiro atoms. The van der Waals surface area contributed by atoms with Crippen molar-refractivity contribution in [3.05, 3.63) is 57.8 Å². The lowest BCUT2D eigenvalue weighted by Gasteiger charge is -2.49. The van der Waals surface area contributed by atoms with Crippen LogP contribution < -0.4 is 15.6 Å². The van der Waals surface area contributed by atoms with E-state index in [1.807, 2.05) is 10.8 Å². The normalized spacial score (nSPS) is 25.8. The third-order valence-electron chi connectivity index (χ3n) is 7.72. The van der Waals surface area contributed by atoms with Crippen LogP contribution in [0.1, 0.15) is 48.7 Å². The molecule has 2 bridgehead atoms. The lowest BCUT2D eigenvalue weighted by molar-refractivity contribution is -0.139. The number of halogens is 3. The van der Waals surface area contributed by atoms with E-state index in [1.165, 1.54) is 6.07 Å². The Hall–Kier alpha value is -3.14. The number of hydrogen-bond donors (Lipinski definition) is 1. The summed E-state index contributed by atoms with van der Waals surface area (Å²) in [7, 11) is 0. The van der Waals surface area contributed by atoms with Gasteiger partial charge in [0.25, 0.3) is 5.56 Å². The number of aryl methyl sites for hydroxylation is 1. The zero-order valence-electron chi connectivity index (χ0n) is 19.4. The number of piperidine rings is 3. The summed E-state index contributed by atoms with van der Waals surface area (Å²) in [5, 5.41) is 4.06. The predicted molar refractivity (Wildman–Crippen MR) is 125 cm³/mol. The topological polar surface area (TPSA) is 72.3 Å². The number of ether oxygens (including phenoxy) is 1. The summed E-state index contributed by atoms with van der Waals surface area (Å²) >= 11 is 0. The van der Waals surface area contributed by atoms with E-state index < -0.39 is 17.8 Å². The summed E-state index contributed by atoms with van der Waals surface area (Å²) in [6, 6.07) is 5.24. The molecule has 3 saturated heterocycles. The molecule has 3 aromatic rings. The Balaban J connectivity index is 1.44.